The minimum Gasteiger partial charge on any atom is -0.376 e. The van der Waals surface area contributed by atoms with Gasteiger partial charge in [0.1, 0.15) is 23.9 Å². The van der Waals surface area contributed by atoms with Crippen molar-refractivity contribution in [3.63, 3.8) is 0 Å². The van der Waals surface area contributed by atoms with Crippen LogP contribution in [0.1, 0.15) is 30.9 Å². The largest absolute Gasteiger partial charge is 0.376 e. The lowest BCUT2D eigenvalue weighted by atomic mass is 10.1. The summed E-state index contributed by atoms with van der Waals surface area (Å²) in [4.78, 5) is 4.26. The fraction of sp³-hybridized carbons (Fsp3) is 0.500. The lowest BCUT2D eigenvalue weighted by Crippen LogP contribution is -2.24. The number of hydrogen-bond donors (Lipinski definition) is 0. The van der Waals surface area contributed by atoms with E-state index in [0.29, 0.717) is 18.3 Å². The van der Waals surface area contributed by atoms with Crippen molar-refractivity contribution in [1.82, 2.24) is 14.8 Å². The number of ether oxygens (including phenoxy) is 2. The molecule has 1 aliphatic rings. The fourth-order valence-electron chi connectivity index (χ4n) is 2.62. The summed E-state index contributed by atoms with van der Waals surface area (Å²) in [5.41, 5.74) is 0.152. The van der Waals surface area contributed by atoms with E-state index in [1.54, 1.807) is 6.92 Å². The lowest BCUT2D eigenvalue weighted by Gasteiger charge is -2.22. The molecule has 1 saturated heterocycles. The Balaban J connectivity index is 1.70. The zero-order valence-corrected chi connectivity index (χ0v) is 13.0. The van der Waals surface area contributed by atoms with E-state index in [-0.39, 0.29) is 18.4 Å². The van der Waals surface area contributed by atoms with Crippen LogP contribution in [0.3, 0.4) is 0 Å². The summed E-state index contributed by atoms with van der Waals surface area (Å²) in [6, 6.07) is 3.36. The van der Waals surface area contributed by atoms with E-state index in [2.05, 4.69) is 10.1 Å². The quantitative estimate of drug-likeness (QED) is 0.849. The molecule has 23 heavy (non-hydrogen) atoms. The number of halogens is 2. The van der Waals surface area contributed by atoms with Gasteiger partial charge in [-0.15, -0.1) is 0 Å². The third-order valence-electron chi connectivity index (χ3n) is 3.73. The molecular formula is C16H19F2N3O2. The van der Waals surface area contributed by atoms with Crippen LogP contribution in [0.25, 0.3) is 5.69 Å². The molecular weight excluding hydrogens is 304 g/mol. The number of rotatable bonds is 5. The molecule has 7 heteroatoms. The molecule has 2 heterocycles. The van der Waals surface area contributed by atoms with Crippen molar-refractivity contribution in [3.05, 3.63) is 41.5 Å². The summed E-state index contributed by atoms with van der Waals surface area (Å²) in [6.07, 6.45) is 3.32. The van der Waals surface area contributed by atoms with Crippen molar-refractivity contribution in [2.24, 2.45) is 0 Å². The van der Waals surface area contributed by atoms with Gasteiger partial charge in [-0.2, -0.15) is 5.10 Å². The molecule has 5 nitrogen and oxygen atoms in total. The predicted octanol–water partition coefficient (Wildman–Crippen LogP) is 2.94. The molecule has 1 fully saturated rings. The summed E-state index contributed by atoms with van der Waals surface area (Å²) < 4.78 is 39.6. The van der Waals surface area contributed by atoms with Gasteiger partial charge in [-0.05, 0) is 38.3 Å². The first-order chi connectivity index (χ1) is 11.1. The average Bonchev–Trinajstić information content (AvgIpc) is 2.89. The Bertz CT molecular complexity index is 669. The zero-order chi connectivity index (χ0) is 16.2. The van der Waals surface area contributed by atoms with Crippen LogP contribution in [0, 0.1) is 18.6 Å². The van der Waals surface area contributed by atoms with Gasteiger partial charge in [0.05, 0.1) is 12.7 Å². The maximum absolute atomic E-state index is 13.9. The van der Waals surface area contributed by atoms with Crippen LogP contribution in [-0.4, -0.2) is 34.1 Å². The Morgan fingerprint density at radius 2 is 2.22 bits per heavy atom. The topological polar surface area (TPSA) is 49.2 Å². The molecule has 3 rings (SSSR count). The van der Waals surface area contributed by atoms with Crippen molar-refractivity contribution < 1.29 is 18.3 Å². The van der Waals surface area contributed by atoms with E-state index < -0.39 is 11.6 Å². The first kappa shape index (κ1) is 16.0. The van der Waals surface area contributed by atoms with E-state index >= 15 is 0 Å². The average molecular weight is 323 g/mol. The van der Waals surface area contributed by atoms with Crippen LogP contribution < -0.4 is 0 Å². The molecule has 0 bridgehead atoms. The number of nitrogens with zero attached hydrogens (tertiary/aromatic N) is 3. The molecule has 0 N–H and O–H groups in total. The van der Waals surface area contributed by atoms with Gasteiger partial charge in [0.15, 0.2) is 11.6 Å². The Morgan fingerprint density at radius 3 is 2.96 bits per heavy atom. The molecule has 2 aromatic rings. The second-order valence-corrected chi connectivity index (χ2v) is 5.59. The van der Waals surface area contributed by atoms with Crippen molar-refractivity contribution in [3.8, 4) is 5.69 Å². The Labute approximate surface area is 133 Å². The normalized spacial score (nSPS) is 18.3. The highest BCUT2D eigenvalue weighted by molar-refractivity contribution is 5.33. The van der Waals surface area contributed by atoms with E-state index in [1.807, 2.05) is 0 Å². The van der Waals surface area contributed by atoms with Crippen LogP contribution in [0.2, 0.25) is 0 Å². The van der Waals surface area contributed by atoms with Gasteiger partial charge in [0.25, 0.3) is 0 Å². The molecule has 0 amide bonds. The molecule has 0 saturated carbocycles. The van der Waals surface area contributed by atoms with E-state index in [1.165, 1.54) is 16.8 Å². The molecule has 124 valence electrons. The summed E-state index contributed by atoms with van der Waals surface area (Å²) in [5, 5.41) is 4.17. The number of aryl methyl sites for hydroxylation is 1. The SMILES string of the molecule is Cc1nc(COC[C@H]2CCCCO2)n(-c2ccc(F)cc2F)n1. The summed E-state index contributed by atoms with van der Waals surface area (Å²) in [5.74, 6) is -0.341. The third-order valence-corrected chi connectivity index (χ3v) is 3.73. The van der Waals surface area contributed by atoms with Crippen LogP contribution >= 0.6 is 0 Å². The molecule has 0 unspecified atom stereocenters. The van der Waals surface area contributed by atoms with Gasteiger partial charge in [0.2, 0.25) is 0 Å². The van der Waals surface area contributed by atoms with Crippen molar-refractivity contribution in [1.29, 1.82) is 0 Å². The van der Waals surface area contributed by atoms with Crippen LogP contribution in [-0.2, 0) is 16.1 Å². The van der Waals surface area contributed by atoms with E-state index in [4.69, 9.17) is 9.47 Å². The fourth-order valence-corrected chi connectivity index (χ4v) is 2.62. The van der Waals surface area contributed by atoms with Gasteiger partial charge < -0.3 is 9.47 Å². The minimum atomic E-state index is -0.688. The Kier molecular flexibility index (Phi) is 4.97. The molecule has 1 atom stereocenters. The van der Waals surface area contributed by atoms with Gasteiger partial charge in [-0.3, -0.25) is 0 Å². The highest BCUT2D eigenvalue weighted by atomic mass is 19.1. The second kappa shape index (κ2) is 7.14. The van der Waals surface area contributed by atoms with Gasteiger partial charge in [-0.25, -0.2) is 18.4 Å². The zero-order valence-electron chi connectivity index (χ0n) is 13.0. The lowest BCUT2D eigenvalue weighted by molar-refractivity contribution is -0.0460. The molecule has 1 aromatic heterocycles. The first-order valence-corrected chi connectivity index (χ1v) is 7.71. The maximum Gasteiger partial charge on any atom is 0.158 e. The van der Waals surface area contributed by atoms with Crippen molar-refractivity contribution >= 4 is 0 Å². The van der Waals surface area contributed by atoms with Crippen LogP contribution in [0.5, 0.6) is 0 Å². The summed E-state index contributed by atoms with van der Waals surface area (Å²) in [6.45, 7) is 3.14. The molecule has 0 aliphatic carbocycles. The highest BCUT2D eigenvalue weighted by Crippen LogP contribution is 2.17. The monoisotopic (exact) mass is 323 g/mol. The Morgan fingerprint density at radius 1 is 1.35 bits per heavy atom. The standard InChI is InChI=1S/C16H19F2N3O2/c1-11-19-16(10-22-9-13-4-2-3-7-23-13)21(20-11)15-6-5-12(17)8-14(15)18/h5-6,8,13H,2-4,7,9-10H2,1H3/t13-/m1/s1. The number of hydrogen-bond acceptors (Lipinski definition) is 4. The number of aromatic nitrogens is 3. The Hall–Kier alpha value is -1.86. The molecule has 1 aromatic carbocycles. The first-order valence-electron chi connectivity index (χ1n) is 7.71. The van der Waals surface area contributed by atoms with Gasteiger partial charge >= 0.3 is 0 Å². The van der Waals surface area contributed by atoms with Crippen molar-refractivity contribution in [2.75, 3.05) is 13.2 Å². The molecule has 0 radical (unpaired) electrons. The molecule has 0 spiro atoms. The maximum atomic E-state index is 13.9. The summed E-state index contributed by atoms with van der Waals surface area (Å²) in [7, 11) is 0. The third kappa shape index (κ3) is 3.92. The van der Waals surface area contributed by atoms with Crippen LogP contribution in [0.15, 0.2) is 18.2 Å². The number of benzene rings is 1. The highest BCUT2D eigenvalue weighted by Gasteiger charge is 2.17. The van der Waals surface area contributed by atoms with Crippen molar-refractivity contribution in [2.45, 2.75) is 38.9 Å². The summed E-state index contributed by atoms with van der Waals surface area (Å²) >= 11 is 0. The van der Waals surface area contributed by atoms with E-state index in [9.17, 15) is 8.78 Å². The van der Waals surface area contributed by atoms with Crippen LogP contribution in [0.4, 0.5) is 8.78 Å². The predicted molar refractivity (Wildman–Crippen MR) is 79.3 cm³/mol. The minimum absolute atomic E-state index is 0.101. The van der Waals surface area contributed by atoms with Gasteiger partial charge in [-0.1, -0.05) is 0 Å². The molecule has 1 aliphatic heterocycles. The van der Waals surface area contributed by atoms with E-state index in [0.717, 1.165) is 31.9 Å². The smallest absolute Gasteiger partial charge is 0.158 e. The van der Waals surface area contributed by atoms with Gasteiger partial charge in [0, 0.05) is 12.7 Å². The second-order valence-electron chi connectivity index (χ2n) is 5.59.